The summed E-state index contributed by atoms with van der Waals surface area (Å²) in [6, 6.07) is 5.93. The van der Waals surface area contributed by atoms with E-state index in [0.29, 0.717) is 18.3 Å². The van der Waals surface area contributed by atoms with Gasteiger partial charge in [0, 0.05) is 23.7 Å². The Morgan fingerprint density at radius 1 is 1.41 bits per heavy atom. The fraction of sp³-hybridized carbons (Fsp3) is 0.471. The normalized spacial score (nSPS) is 18.8. The zero-order valence-electron chi connectivity index (χ0n) is 13.3. The lowest BCUT2D eigenvalue weighted by molar-refractivity contribution is 0.241. The van der Waals surface area contributed by atoms with Gasteiger partial charge in [0.25, 0.3) is 0 Å². The molecule has 1 aromatic heterocycles. The Balaban J connectivity index is 1.86. The summed E-state index contributed by atoms with van der Waals surface area (Å²) in [7, 11) is 1.57. The summed E-state index contributed by atoms with van der Waals surface area (Å²) in [5.41, 5.74) is 3.04. The van der Waals surface area contributed by atoms with E-state index in [1.54, 1.807) is 13.2 Å². The molecular formula is C17H22N2O3. The molecule has 1 atom stereocenters. The van der Waals surface area contributed by atoms with E-state index >= 15 is 0 Å². The van der Waals surface area contributed by atoms with Crippen LogP contribution in [0.3, 0.4) is 0 Å². The van der Waals surface area contributed by atoms with Gasteiger partial charge in [-0.1, -0.05) is 17.3 Å². The third-order valence-electron chi connectivity index (χ3n) is 4.46. The van der Waals surface area contributed by atoms with Crippen molar-refractivity contribution in [2.45, 2.75) is 39.3 Å². The van der Waals surface area contributed by atoms with E-state index in [1.807, 2.05) is 26.0 Å². The number of phenols is 1. The second-order valence-corrected chi connectivity index (χ2v) is 5.83. The highest BCUT2D eigenvalue weighted by atomic mass is 16.5. The lowest BCUT2D eigenvalue weighted by atomic mass is 10.0. The highest BCUT2D eigenvalue weighted by Gasteiger charge is 2.31. The van der Waals surface area contributed by atoms with Crippen molar-refractivity contribution in [3.63, 3.8) is 0 Å². The molecule has 0 spiro atoms. The van der Waals surface area contributed by atoms with Gasteiger partial charge in [-0.3, -0.25) is 4.90 Å². The molecule has 0 bridgehead atoms. The Kier molecular flexibility index (Phi) is 4.07. The Morgan fingerprint density at radius 2 is 2.23 bits per heavy atom. The first kappa shape index (κ1) is 14.9. The predicted molar refractivity (Wildman–Crippen MR) is 83.0 cm³/mol. The zero-order chi connectivity index (χ0) is 15.7. The van der Waals surface area contributed by atoms with Gasteiger partial charge in [0.1, 0.15) is 5.76 Å². The minimum absolute atomic E-state index is 0.231. The molecule has 2 heterocycles. The molecule has 118 valence electrons. The second-order valence-electron chi connectivity index (χ2n) is 5.83. The topological polar surface area (TPSA) is 58.7 Å². The molecular weight excluding hydrogens is 280 g/mol. The molecule has 0 saturated carbocycles. The van der Waals surface area contributed by atoms with Crippen molar-refractivity contribution >= 4 is 0 Å². The lowest BCUT2D eigenvalue weighted by Crippen LogP contribution is -2.23. The maximum absolute atomic E-state index is 10.3. The van der Waals surface area contributed by atoms with Crippen LogP contribution in [0.1, 0.15) is 41.5 Å². The summed E-state index contributed by atoms with van der Waals surface area (Å²) >= 11 is 0. The van der Waals surface area contributed by atoms with Gasteiger partial charge in [0.05, 0.1) is 12.8 Å². The largest absolute Gasteiger partial charge is 0.504 e. The minimum atomic E-state index is 0.231. The fourth-order valence-corrected chi connectivity index (χ4v) is 3.39. The third kappa shape index (κ3) is 2.57. The van der Waals surface area contributed by atoms with Crippen LogP contribution in [0.15, 0.2) is 22.7 Å². The molecule has 0 radical (unpaired) electrons. The number of aromatic hydroxyl groups is 1. The molecule has 22 heavy (non-hydrogen) atoms. The fourth-order valence-electron chi connectivity index (χ4n) is 3.39. The summed E-state index contributed by atoms with van der Waals surface area (Å²) in [4.78, 5) is 2.38. The van der Waals surface area contributed by atoms with Gasteiger partial charge in [-0.25, -0.2) is 0 Å². The maximum Gasteiger partial charge on any atom is 0.162 e. The number of benzene rings is 1. The number of likely N-dealkylation sites (tertiary alicyclic amines) is 1. The van der Waals surface area contributed by atoms with Crippen LogP contribution in [0, 0.1) is 13.8 Å². The van der Waals surface area contributed by atoms with Crippen molar-refractivity contribution in [3.8, 4) is 11.5 Å². The second kappa shape index (κ2) is 6.01. The molecule has 1 aromatic carbocycles. The van der Waals surface area contributed by atoms with E-state index in [-0.39, 0.29) is 5.75 Å². The highest BCUT2D eigenvalue weighted by molar-refractivity contribution is 5.45. The summed E-state index contributed by atoms with van der Waals surface area (Å²) in [6.45, 7) is 5.66. The molecule has 1 saturated heterocycles. The Hall–Kier alpha value is -2.01. The molecule has 0 unspecified atom stereocenters. The average Bonchev–Trinajstić information content (AvgIpc) is 3.08. The Morgan fingerprint density at radius 3 is 2.91 bits per heavy atom. The number of aryl methyl sites for hydroxylation is 2. The number of ether oxygens (including phenoxy) is 1. The highest BCUT2D eigenvalue weighted by Crippen LogP contribution is 2.38. The van der Waals surface area contributed by atoms with E-state index in [2.05, 4.69) is 10.1 Å². The summed E-state index contributed by atoms with van der Waals surface area (Å²) in [5, 5.41) is 14.4. The Bertz CT molecular complexity index is 646. The molecule has 2 aromatic rings. The first-order valence-corrected chi connectivity index (χ1v) is 7.63. The van der Waals surface area contributed by atoms with Crippen LogP contribution in [0.5, 0.6) is 11.5 Å². The molecule has 1 N–H and O–H groups in total. The van der Waals surface area contributed by atoms with Gasteiger partial charge in [-0.15, -0.1) is 0 Å². The van der Waals surface area contributed by atoms with Gasteiger partial charge in [0.2, 0.25) is 0 Å². The van der Waals surface area contributed by atoms with E-state index in [1.165, 1.54) is 5.56 Å². The first-order chi connectivity index (χ1) is 10.6. The summed E-state index contributed by atoms with van der Waals surface area (Å²) < 4.78 is 10.5. The number of methoxy groups -OCH3 is 1. The summed E-state index contributed by atoms with van der Waals surface area (Å²) in [6.07, 6.45) is 2.23. The minimum Gasteiger partial charge on any atom is -0.504 e. The van der Waals surface area contributed by atoms with E-state index in [4.69, 9.17) is 9.26 Å². The number of phenolic OH excluding ortho intramolecular Hbond substituents is 1. The number of hydrogen-bond donors (Lipinski definition) is 1. The van der Waals surface area contributed by atoms with E-state index in [0.717, 1.165) is 36.4 Å². The number of hydrogen-bond acceptors (Lipinski definition) is 5. The molecule has 5 heteroatoms. The van der Waals surface area contributed by atoms with Crippen molar-refractivity contribution in [2.24, 2.45) is 0 Å². The van der Waals surface area contributed by atoms with Crippen molar-refractivity contribution in [1.82, 2.24) is 10.1 Å². The van der Waals surface area contributed by atoms with Gasteiger partial charge >= 0.3 is 0 Å². The van der Waals surface area contributed by atoms with Crippen LogP contribution in [0.2, 0.25) is 0 Å². The zero-order valence-corrected chi connectivity index (χ0v) is 13.3. The van der Waals surface area contributed by atoms with Gasteiger partial charge in [0.15, 0.2) is 11.5 Å². The van der Waals surface area contributed by atoms with Crippen molar-refractivity contribution < 1.29 is 14.4 Å². The van der Waals surface area contributed by atoms with Crippen molar-refractivity contribution in [2.75, 3.05) is 13.7 Å². The third-order valence-corrected chi connectivity index (χ3v) is 4.46. The van der Waals surface area contributed by atoms with E-state index in [9.17, 15) is 5.11 Å². The molecule has 0 amide bonds. The SMILES string of the molecule is COc1cccc(CN2CCC[C@H]2c2c(C)noc2C)c1O. The maximum atomic E-state index is 10.3. The lowest BCUT2D eigenvalue weighted by Gasteiger charge is -2.25. The quantitative estimate of drug-likeness (QED) is 0.938. The van der Waals surface area contributed by atoms with Gasteiger partial charge < -0.3 is 14.4 Å². The van der Waals surface area contributed by atoms with Crippen LogP contribution in [0.4, 0.5) is 0 Å². The van der Waals surface area contributed by atoms with Gasteiger partial charge in [-0.05, 0) is 39.3 Å². The van der Waals surface area contributed by atoms with Crippen molar-refractivity contribution in [3.05, 3.63) is 40.8 Å². The van der Waals surface area contributed by atoms with Crippen LogP contribution in [0.25, 0.3) is 0 Å². The molecule has 1 aliphatic heterocycles. The molecule has 0 aliphatic carbocycles. The van der Waals surface area contributed by atoms with E-state index < -0.39 is 0 Å². The van der Waals surface area contributed by atoms with Crippen LogP contribution < -0.4 is 4.74 Å². The molecule has 5 nitrogen and oxygen atoms in total. The van der Waals surface area contributed by atoms with Gasteiger partial charge in [-0.2, -0.15) is 0 Å². The van der Waals surface area contributed by atoms with Crippen molar-refractivity contribution in [1.29, 1.82) is 0 Å². The number of rotatable bonds is 4. The van der Waals surface area contributed by atoms with Crippen LogP contribution in [-0.2, 0) is 6.54 Å². The number of aromatic nitrogens is 1. The number of para-hydroxylation sites is 1. The predicted octanol–water partition coefficient (Wildman–Crippen LogP) is 3.34. The Labute approximate surface area is 130 Å². The molecule has 3 rings (SSSR count). The van der Waals surface area contributed by atoms with Crippen LogP contribution in [-0.4, -0.2) is 28.8 Å². The molecule has 1 aliphatic rings. The number of nitrogens with zero attached hydrogens (tertiary/aromatic N) is 2. The van der Waals surface area contributed by atoms with Crippen LogP contribution >= 0.6 is 0 Å². The standard InChI is InChI=1S/C17H22N2O3/c1-11-16(12(2)22-18-11)14-7-5-9-19(14)10-13-6-4-8-15(21-3)17(13)20/h4,6,8,14,20H,5,7,9-10H2,1-3H3/t14-/m0/s1. The average molecular weight is 302 g/mol. The smallest absolute Gasteiger partial charge is 0.162 e. The monoisotopic (exact) mass is 302 g/mol. The first-order valence-electron chi connectivity index (χ1n) is 7.63. The molecule has 1 fully saturated rings. The summed E-state index contributed by atoms with van der Waals surface area (Å²) in [5.74, 6) is 1.64.